The van der Waals surface area contributed by atoms with Gasteiger partial charge in [0.25, 0.3) is 0 Å². The summed E-state index contributed by atoms with van der Waals surface area (Å²) >= 11 is 0. The maximum absolute atomic E-state index is 13.2. The van der Waals surface area contributed by atoms with E-state index in [1.54, 1.807) is 42.5 Å². The fourth-order valence-corrected chi connectivity index (χ4v) is 5.68. The summed E-state index contributed by atoms with van der Waals surface area (Å²) in [7, 11) is 0. The molecule has 0 bridgehead atoms. The molecule has 9 N–H and O–H groups in total. The number of piperidine rings is 2. The zero-order valence-electron chi connectivity index (χ0n) is 21.5. The Balaban J connectivity index is 1.35. The van der Waals surface area contributed by atoms with Crippen LogP contribution in [0.15, 0.2) is 42.5 Å². The summed E-state index contributed by atoms with van der Waals surface area (Å²) in [4.78, 5) is 44.3. The van der Waals surface area contributed by atoms with Crippen LogP contribution in [0.5, 0.6) is 0 Å². The first-order valence-corrected chi connectivity index (χ1v) is 13.1. The topological polar surface area (TPSA) is 195 Å². The number of aromatic nitrogens is 3. The number of anilines is 4. The molecule has 2 fully saturated rings. The molecule has 202 valence electrons. The van der Waals surface area contributed by atoms with E-state index in [0.717, 1.165) is 12.8 Å². The molecule has 4 unspecified atom stereocenters. The van der Waals surface area contributed by atoms with E-state index in [1.807, 2.05) is 9.80 Å². The lowest BCUT2D eigenvalue weighted by molar-refractivity contribution is 0.0979. The molecule has 3 aliphatic rings. The number of nitrogens with one attached hydrogen (secondary N) is 1. The van der Waals surface area contributed by atoms with Crippen molar-refractivity contribution in [2.24, 2.45) is 22.9 Å². The van der Waals surface area contributed by atoms with Crippen LogP contribution in [0, 0.1) is 0 Å². The molecule has 2 aliphatic heterocycles. The van der Waals surface area contributed by atoms with Gasteiger partial charge in [-0.3, -0.25) is 9.59 Å². The van der Waals surface area contributed by atoms with Crippen LogP contribution in [-0.2, 0) is 0 Å². The van der Waals surface area contributed by atoms with Gasteiger partial charge in [-0.1, -0.05) is 24.3 Å². The number of hydrogen-bond acceptors (Lipinski definition) is 12. The van der Waals surface area contributed by atoms with Crippen molar-refractivity contribution in [2.75, 3.05) is 41.3 Å². The first kappa shape index (κ1) is 25.3. The van der Waals surface area contributed by atoms with E-state index in [4.69, 9.17) is 27.9 Å². The zero-order chi connectivity index (χ0) is 27.3. The zero-order valence-corrected chi connectivity index (χ0v) is 21.5. The lowest BCUT2D eigenvalue weighted by atomic mass is 9.84. The number of carbonyl (C=O) groups is 2. The minimum atomic E-state index is -0.201. The van der Waals surface area contributed by atoms with Gasteiger partial charge >= 0.3 is 0 Å². The van der Waals surface area contributed by atoms with E-state index in [9.17, 15) is 9.59 Å². The fourth-order valence-electron chi connectivity index (χ4n) is 5.68. The van der Waals surface area contributed by atoms with Crippen molar-refractivity contribution < 1.29 is 9.59 Å². The highest BCUT2D eigenvalue weighted by molar-refractivity contribution is 6.28. The molecule has 2 aromatic carbocycles. The molecule has 12 heteroatoms. The van der Waals surface area contributed by atoms with E-state index < -0.39 is 0 Å². The number of fused-ring (bicyclic) bond motifs is 2. The quantitative estimate of drug-likeness (QED) is 0.240. The molecule has 3 aromatic rings. The molecule has 2 saturated heterocycles. The van der Waals surface area contributed by atoms with Crippen LogP contribution in [0.25, 0.3) is 0 Å². The van der Waals surface area contributed by atoms with Gasteiger partial charge in [-0.15, -0.1) is 0 Å². The monoisotopic (exact) mass is 528 g/mol. The predicted molar refractivity (Wildman–Crippen MR) is 148 cm³/mol. The van der Waals surface area contributed by atoms with Crippen molar-refractivity contribution in [1.82, 2.24) is 15.0 Å². The van der Waals surface area contributed by atoms with Crippen molar-refractivity contribution in [1.29, 1.82) is 0 Å². The minimum Gasteiger partial charge on any atom is -0.338 e. The maximum atomic E-state index is 13.2. The number of nitrogens with two attached hydrogens (primary N) is 4. The highest BCUT2D eigenvalue weighted by Crippen LogP contribution is 2.30. The summed E-state index contributed by atoms with van der Waals surface area (Å²) in [5, 5.41) is 3.21. The van der Waals surface area contributed by atoms with Gasteiger partial charge in [0.2, 0.25) is 17.8 Å². The van der Waals surface area contributed by atoms with Crippen LogP contribution in [0.2, 0.25) is 0 Å². The van der Waals surface area contributed by atoms with Gasteiger partial charge in [-0.2, -0.15) is 15.0 Å². The summed E-state index contributed by atoms with van der Waals surface area (Å²) in [6.45, 7) is 2.24. The van der Waals surface area contributed by atoms with Crippen LogP contribution < -0.4 is 38.1 Å². The van der Waals surface area contributed by atoms with Crippen LogP contribution in [0.3, 0.4) is 0 Å². The second-order valence-corrected chi connectivity index (χ2v) is 10.7. The highest BCUT2D eigenvalue weighted by Gasteiger charge is 2.31. The van der Waals surface area contributed by atoms with E-state index in [0.29, 0.717) is 66.0 Å². The first-order chi connectivity index (χ1) is 18.7. The van der Waals surface area contributed by atoms with Crippen LogP contribution >= 0.6 is 0 Å². The van der Waals surface area contributed by atoms with Gasteiger partial charge in [0, 0.05) is 78.3 Å². The lowest BCUT2D eigenvalue weighted by Gasteiger charge is -2.37. The summed E-state index contributed by atoms with van der Waals surface area (Å²) in [6.07, 6.45) is 1.45. The molecule has 1 aliphatic carbocycles. The average Bonchev–Trinajstić information content (AvgIpc) is 2.90. The third-order valence-electron chi connectivity index (χ3n) is 7.39. The largest absolute Gasteiger partial charge is 0.338 e. The number of rotatable bonds is 4. The van der Waals surface area contributed by atoms with Crippen molar-refractivity contribution in [3.63, 3.8) is 0 Å². The average molecular weight is 529 g/mol. The van der Waals surface area contributed by atoms with E-state index in [1.165, 1.54) is 0 Å². The third-order valence-corrected chi connectivity index (χ3v) is 7.39. The predicted octanol–water partition coefficient (Wildman–Crippen LogP) is 0.120. The Morgan fingerprint density at radius 3 is 1.62 bits per heavy atom. The van der Waals surface area contributed by atoms with Crippen molar-refractivity contribution in [2.45, 2.75) is 37.0 Å². The number of nitrogens with zero attached hydrogens (tertiary/aromatic N) is 5. The number of benzene rings is 2. The number of ketones is 2. The Hall–Kier alpha value is -3.97. The van der Waals surface area contributed by atoms with E-state index in [2.05, 4.69) is 15.3 Å². The molecular formula is C27H32N10O2. The standard InChI is InChI=1S/C27H32N10O2/c28-14-7-15(29)11-36(10-14)26-33-25(34-27(35-26)37-12-16(30)8-17(31)13-37)32-18-5-6-21-22(9-18)24(39)20-4-2-1-3-19(20)23(21)38/h1-6,9,14-17H,7-8,10-13,28-31H2,(H,32,33,34,35). The van der Waals surface area contributed by atoms with Gasteiger partial charge in [-0.05, 0) is 31.0 Å². The number of hydrogen-bond donors (Lipinski definition) is 5. The highest BCUT2D eigenvalue weighted by atomic mass is 16.1. The Morgan fingerprint density at radius 2 is 1.10 bits per heavy atom. The molecule has 4 atom stereocenters. The van der Waals surface area contributed by atoms with Gasteiger partial charge in [0.05, 0.1) is 0 Å². The summed E-state index contributed by atoms with van der Waals surface area (Å²) in [6, 6.07) is 11.5. The Kier molecular flexibility index (Phi) is 6.47. The smallest absolute Gasteiger partial charge is 0.233 e. The molecule has 0 spiro atoms. The Labute approximate surface area is 225 Å². The van der Waals surface area contributed by atoms with Crippen LogP contribution in [0.1, 0.15) is 44.7 Å². The van der Waals surface area contributed by atoms with E-state index >= 15 is 0 Å². The lowest BCUT2D eigenvalue weighted by Crippen LogP contribution is -2.54. The van der Waals surface area contributed by atoms with Crippen molar-refractivity contribution in [3.8, 4) is 0 Å². The summed E-state index contributed by atoms with van der Waals surface area (Å²) in [5.41, 5.74) is 27.1. The Bertz CT molecular complexity index is 1380. The Morgan fingerprint density at radius 1 is 0.641 bits per heavy atom. The van der Waals surface area contributed by atoms with Crippen molar-refractivity contribution >= 4 is 35.1 Å². The van der Waals surface area contributed by atoms with E-state index in [-0.39, 0.29) is 41.7 Å². The number of carbonyl (C=O) groups excluding carboxylic acids is 2. The van der Waals surface area contributed by atoms with Crippen LogP contribution in [0.4, 0.5) is 23.5 Å². The fraction of sp³-hybridized carbons (Fsp3) is 0.370. The molecule has 1 aromatic heterocycles. The molecule has 0 saturated carbocycles. The van der Waals surface area contributed by atoms with Gasteiger partial charge in [0.1, 0.15) is 0 Å². The maximum Gasteiger partial charge on any atom is 0.233 e. The second kappa shape index (κ2) is 9.97. The van der Waals surface area contributed by atoms with Gasteiger partial charge < -0.3 is 38.1 Å². The molecule has 0 radical (unpaired) electrons. The second-order valence-electron chi connectivity index (χ2n) is 10.7. The first-order valence-electron chi connectivity index (χ1n) is 13.1. The molecule has 6 rings (SSSR count). The normalized spacial score (nSPS) is 24.8. The molecule has 39 heavy (non-hydrogen) atoms. The summed E-state index contributed by atoms with van der Waals surface area (Å²) < 4.78 is 0. The molecule has 0 amide bonds. The minimum absolute atomic E-state index is 0.103. The molecular weight excluding hydrogens is 496 g/mol. The molecule has 3 heterocycles. The van der Waals surface area contributed by atoms with Gasteiger partial charge in [0.15, 0.2) is 11.6 Å². The van der Waals surface area contributed by atoms with Gasteiger partial charge in [-0.25, -0.2) is 0 Å². The molecule has 12 nitrogen and oxygen atoms in total. The van der Waals surface area contributed by atoms with Crippen molar-refractivity contribution in [3.05, 3.63) is 64.7 Å². The van der Waals surface area contributed by atoms with Crippen LogP contribution in [-0.4, -0.2) is 76.9 Å². The SMILES string of the molecule is NC1CC(N)CN(c2nc(Nc3ccc4c(c3)C(=O)c3ccccc3C4=O)nc(N3CC(N)CC(N)C3)n2)C1. The summed E-state index contributed by atoms with van der Waals surface area (Å²) in [5.74, 6) is 0.795. The third kappa shape index (κ3) is 4.94.